The SMILES string of the molecule is COc1cc(C(=O)O)ccc1Cc1cn(C)c2ccc(/C=C(/C)C(=O)OC(C)(C)C)cc12. The van der Waals surface area contributed by atoms with E-state index in [1.807, 2.05) is 46.0 Å². The van der Waals surface area contributed by atoms with Gasteiger partial charge in [0.25, 0.3) is 0 Å². The van der Waals surface area contributed by atoms with Crippen LogP contribution in [0.1, 0.15) is 54.7 Å². The van der Waals surface area contributed by atoms with Crippen molar-refractivity contribution in [2.24, 2.45) is 7.05 Å². The average Bonchev–Trinajstić information content (AvgIpc) is 3.01. The second-order valence-electron chi connectivity index (χ2n) is 8.88. The largest absolute Gasteiger partial charge is 0.496 e. The molecule has 0 spiro atoms. The molecule has 0 saturated carbocycles. The second-order valence-corrected chi connectivity index (χ2v) is 8.88. The van der Waals surface area contributed by atoms with E-state index in [0.29, 0.717) is 17.7 Å². The number of benzene rings is 2. The highest BCUT2D eigenvalue weighted by Gasteiger charge is 2.18. The van der Waals surface area contributed by atoms with Gasteiger partial charge >= 0.3 is 11.9 Å². The summed E-state index contributed by atoms with van der Waals surface area (Å²) in [5.74, 6) is -0.787. The number of rotatable bonds is 6. The number of aromatic nitrogens is 1. The molecule has 6 heteroatoms. The number of ether oxygens (including phenoxy) is 2. The Morgan fingerprint density at radius 2 is 1.81 bits per heavy atom. The van der Waals surface area contributed by atoms with Crippen LogP contribution in [0.3, 0.4) is 0 Å². The van der Waals surface area contributed by atoms with Gasteiger partial charge in [-0.15, -0.1) is 0 Å². The number of methoxy groups -OCH3 is 1. The lowest BCUT2D eigenvalue weighted by atomic mass is 10.0. The Morgan fingerprint density at radius 3 is 2.44 bits per heavy atom. The van der Waals surface area contributed by atoms with Crippen LogP contribution in [0.5, 0.6) is 5.75 Å². The molecule has 168 valence electrons. The smallest absolute Gasteiger partial charge is 0.335 e. The van der Waals surface area contributed by atoms with Crippen molar-refractivity contribution in [3.05, 3.63) is 70.4 Å². The number of aryl methyl sites for hydroxylation is 1. The van der Waals surface area contributed by atoms with Crippen LogP contribution < -0.4 is 4.74 Å². The van der Waals surface area contributed by atoms with E-state index >= 15 is 0 Å². The van der Waals surface area contributed by atoms with Crippen molar-refractivity contribution in [3.63, 3.8) is 0 Å². The van der Waals surface area contributed by atoms with Crippen LogP contribution in [0.15, 0.2) is 48.2 Å². The fourth-order valence-electron chi connectivity index (χ4n) is 3.62. The predicted octanol–water partition coefficient (Wildman–Crippen LogP) is 5.22. The average molecular weight is 436 g/mol. The van der Waals surface area contributed by atoms with Gasteiger partial charge in [-0.05, 0) is 74.7 Å². The lowest BCUT2D eigenvalue weighted by molar-refractivity contribution is -0.149. The fourth-order valence-corrected chi connectivity index (χ4v) is 3.62. The van der Waals surface area contributed by atoms with Crippen LogP contribution in [0.2, 0.25) is 0 Å². The second kappa shape index (κ2) is 8.91. The van der Waals surface area contributed by atoms with E-state index in [1.54, 1.807) is 25.1 Å². The van der Waals surface area contributed by atoms with Crippen LogP contribution in [-0.2, 0) is 23.0 Å². The van der Waals surface area contributed by atoms with E-state index in [2.05, 4.69) is 16.8 Å². The van der Waals surface area contributed by atoms with Crippen molar-refractivity contribution in [2.75, 3.05) is 7.11 Å². The van der Waals surface area contributed by atoms with Gasteiger partial charge < -0.3 is 19.1 Å². The summed E-state index contributed by atoms with van der Waals surface area (Å²) in [7, 11) is 3.52. The number of carboxylic acid groups (broad SMARTS) is 1. The van der Waals surface area contributed by atoms with Gasteiger partial charge in [0.05, 0.1) is 12.7 Å². The molecule has 3 rings (SSSR count). The summed E-state index contributed by atoms with van der Waals surface area (Å²) < 4.78 is 12.9. The van der Waals surface area contributed by atoms with Crippen molar-refractivity contribution < 1.29 is 24.2 Å². The number of hydrogen-bond acceptors (Lipinski definition) is 4. The molecule has 0 fully saturated rings. The number of fused-ring (bicyclic) bond motifs is 1. The Kier molecular flexibility index (Phi) is 6.44. The minimum absolute atomic E-state index is 0.188. The highest BCUT2D eigenvalue weighted by molar-refractivity contribution is 5.94. The molecule has 32 heavy (non-hydrogen) atoms. The van der Waals surface area contributed by atoms with E-state index in [9.17, 15) is 14.7 Å². The summed E-state index contributed by atoms with van der Waals surface area (Å²) in [5, 5.41) is 10.3. The molecule has 3 aromatic rings. The van der Waals surface area contributed by atoms with Crippen molar-refractivity contribution in [2.45, 2.75) is 39.7 Å². The van der Waals surface area contributed by atoms with Crippen molar-refractivity contribution >= 4 is 28.9 Å². The predicted molar refractivity (Wildman–Crippen MR) is 125 cm³/mol. The maximum atomic E-state index is 12.3. The van der Waals surface area contributed by atoms with Crippen LogP contribution in [-0.4, -0.2) is 34.3 Å². The molecule has 0 aliphatic rings. The van der Waals surface area contributed by atoms with Crippen molar-refractivity contribution in [1.82, 2.24) is 4.57 Å². The van der Waals surface area contributed by atoms with Crippen LogP contribution >= 0.6 is 0 Å². The van der Waals surface area contributed by atoms with Gasteiger partial charge in [-0.25, -0.2) is 9.59 Å². The molecule has 0 unspecified atom stereocenters. The van der Waals surface area contributed by atoms with E-state index < -0.39 is 11.6 Å². The van der Waals surface area contributed by atoms with Crippen molar-refractivity contribution in [3.8, 4) is 5.75 Å². The summed E-state index contributed by atoms with van der Waals surface area (Å²) in [6.45, 7) is 7.28. The Balaban J connectivity index is 1.97. The maximum absolute atomic E-state index is 12.3. The fraction of sp³-hybridized carbons (Fsp3) is 0.308. The number of carbonyl (C=O) groups excluding carboxylic acids is 1. The molecule has 0 amide bonds. The number of carbonyl (C=O) groups is 2. The molecular formula is C26H29NO5. The summed E-state index contributed by atoms with van der Waals surface area (Å²) in [6, 6.07) is 11.0. The van der Waals surface area contributed by atoms with E-state index in [-0.39, 0.29) is 11.5 Å². The molecular weight excluding hydrogens is 406 g/mol. The highest BCUT2D eigenvalue weighted by Crippen LogP contribution is 2.29. The lowest BCUT2D eigenvalue weighted by Crippen LogP contribution is -2.24. The van der Waals surface area contributed by atoms with Gasteiger partial charge in [-0.2, -0.15) is 0 Å². The number of esters is 1. The molecule has 2 aromatic carbocycles. The molecule has 0 aliphatic carbocycles. The van der Waals surface area contributed by atoms with Gasteiger partial charge in [0.15, 0.2) is 0 Å². The molecule has 1 heterocycles. The first kappa shape index (κ1) is 23.1. The molecule has 0 aliphatic heterocycles. The molecule has 0 radical (unpaired) electrons. The number of hydrogen-bond donors (Lipinski definition) is 1. The third-order valence-corrected chi connectivity index (χ3v) is 5.11. The number of aromatic carboxylic acids is 1. The summed E-state index contributed by atoms with van der Waals surface area (Å²) in [6.07, 6.45) is 4.47. The highest BCUT2D eigenvalue weighted by atomic mass is 16.6. The summed E-state index contributed by atoms with van der Waals surface area (Å²) in [5.41, 5.74) is 4.12. The zero-order valence-corrected chi connectivity index (χ0v) is 19.4. The summed E-state index contributed by atoms with van der Waals surface area (Å²) >= 11 is 0. The first-order valence-corrected chi connectivity index (χ1v) is 10.4. The Hall–Kier alpha value is -3.54. The first-order valence-electron chi connectivity index (χ1n) is 10.4. The maximum Gasteiger partial charge on any atom is 0.335 e. The standard InChI is InChI=1S/C26H29NO5/c1-16(25(30)32-26(2,3)4)11-17-7-10-22-21(12-17)20(15-27(22)5)13-18-8-9-19(24(28)29)14-23(18)31-6/h7-12,14-15H,13H2,1-6H3,(H,28,29)/b16-11-. The minimum Gasteiger partial charge on any atom is -0.496 e. The Bertz CT molecular complexity index is 1210. The molecule has 0 bridgehead atoms. The third kappa shape index (κ3) is 5.19. The molecule has 1 N–H and O–H groups in total. The van der Waals surface area contributed by atoms with Crippen LogP contribution in [0.4, 0.5) is 0 Å². The quantitative estimate of drug-likeness (QED) is 0.424. The van der Waals surface area contributed by atoms with E-state index in [1.165, 1.54) is 7.11 Å². The van der Waals surface area contributed by atoms with E-state index in [0.717, 1.165) is 27.6 Å². The Labute approximate surface area is 188 Å². The van der Waals surface area contributed by atoms with Crippen LogP contribution in [0.25, 0.3) is 17.0 Å². The number of carboxylic acids is 1. The van der Waals surface area contributed by atoms with Gasteiger partial charge in [0, 0.05) is 36.1 Å². The minimum atomic E-state index is -0.989. The third-order valence-electron chi connectivity index (χ3n) is 5.11. The number of nitrogens with zero attached hydrogens (tertiary/aromatic N) is 1. The molecule has 0 saturated heterocycles. The molecule has 6 nitrogen and oxygen atoms in total. The van der Waals surface area contributed by atoms with Crippen LogP contribution in [0, 0.1) is 0 Å². The lowest BCUT2D eigenvalue weighted by Gasteiger charge is -2.19. The van der Waals surface area contributed by atoms with Crippen molar-refractivity contribution in [1.29, 1.82) is 0 Å². The molecule has 0 atom stereocenters. The van der Waals surface area contributed by atoms with Gasteiger partial charge in [0.2, 0.25) is 0 Å². The monoisotopic (exact) mass is 435 g/mol. The van der Waals surface area contributed by atoms with Gasteiger partial charge in [-0.3, -0.25) is 0 Å². The zero-order valence-electron chi connectivity index (χ0n) is 19.4. The zero-order chi connectivity index (χ0) is 23.6. The normalized spacial score (nSPS) is 12.1. The molecule has 1 aromatic heterocycles. The van der Waals surface area contributed by atoms with Gasteiger partial charge in [-0.1, -0.05) is 12.1 Å². The van der Waals surface area contributed by atoms with E-state index in [4.69, 9.17) is 9.47 Å². The van der Waals surface area contributed by atoms with Gasteiger partial charge in [0.1, 0.15) is 11.4 Å². The topological polar surface area (TPSA) is 77.8 Å². The first-order chi connectivity index (χ1) is 15.0. The summed E-state index contributed by atoms with van der Waals surface area (Å²) in [4.78, 5) is 23.6. The Morgan fingerprint density at radius 1 is 1.09 bits per heavy atom.